The zero-order valence-electron chi connectivity index (χ0n) is 16.2. The van der Waals surface area contributed by atoms with E-state index >= 15 is 0 Å². The molecule has 0 saturated heterocycles. The molecule has 0 aliphatic heterocycles. The molecule has 1 aromatic heterocycles. The number of ketones is 1. The molecular formula is C23H37NO. The summed E-state index contributed by atoms with van der Waals surface area (Å²) >= 11 is 0. The van der Waals surface area contributed by atoms with Crippen molar-refractivity contribution in [3.8, 4) is 0 Å². The van der Waals surface area contributed by atoms with Gasteiger partial charge in [0.2, 0.25) is 0 Å². The van der Waals surface area contributed by atoms with Crippen molar-refractivity contribution in [3.05, 3.63) is 42.2 Å². The molecule has 0 radical (unpaired) electrons. The van der Waals surface area contributed by atoms with Gasteiger partial charge in [-0.3, -0.25) is 9.78 Å². The molecule has 1 aromatic rings. The van der Waals surface area contributed by atoms with E-state index < -0.39 is 0 Å². The quantitative estimate of drug-likeness (QED) is 0.179. The number of hydrogen-bond donors (Lipinski definition) is 0. The van der Waals surface area contributed by atoms with Gasteiger partial charge in [-0.15, -0.1) is 0 Å². The first-order valence-electron chi connectivity index (χ1n) is 10.4. The lowest BCUT2D eigenvalue weighted by Crippen LogP contribution is -2.01. The number of nitrogens with zero attached hydrogens (tertiary/aromatic N) is 1. The van der Waals surface area contributed by atoms with Crippen molar-refractivity contribution >= 4 is 5.78 Å². The number of pyridine rings is 1. The maximum Gasteiger partial charge on any atom is 0.181 e. The average molecular weight is 344 g/mol. The van der Waals surface area contributed by atoms with Crippen LogP contribution in [0.5, 0.6) is 0 Å². The molecule has 140 valence electrons. The molecule has 0 N–H and O–H groups in total. The topological polar surface area (TPSA) is 30.0 Å². The largest absolute Gasteiger partial charge is 0.292 e. The molecule has 0 bridgehead atoms. The van der Waals surface area contributed by atoms with Gasteiger partial charge in [-0.1, -0.05) is 76.5 Å². The van der Waals surface area contributed by atoms with Gasteiger partial charge < -0.3 is 0 Å². The van der Waals surface area contributed by atoms with E-state index in [1.807, 2.05) is 12.1 Å². The second-order valence-corrected chi connectivity index (χ2v) is 6.97. The van der Waals surface area contributed by atoms with Gasteiger partial charge in [-0.05, 0) is 44.2 Å². The monoisotopic (exact) mass is 343 g/mol. The van der Waals surface area contributed by atoms with Crippen molar-refractivity contribution in [1.29, 1.82) is 0 Å². The maximum absolute atomic E-state index is 11.9. The molecule has 1 rings (SSSR count). The molecule has 0 aliphatic rings. The van der Waals surface area contributed by atoms with Gasteiger partial charge in [0, 0.05) is 12.6 Å². The van der Waals surface area contributed by atoms with E-state index in [0.29, 0.717) is 12.1 Å². The zero-order valence-corrected chi connectivity index (χ0v) is 16.2. The number of carbonyl (C=O) groups excluding carboxylic acids is 1. The van der Waals surface area contributed by atoms with Gasteiger partial charge in [0.25, 0.3) is 0 Å². The predicted molar refractivity (Wildman–Crippen MR) is 108 cm³/mol. The lowest BCUT2D eigenvalue weighted by atomic mass is 10.1. The first kappa shape index (κ1) is 21.6. The molecule has 0 unspecified atom stereocenters. The Labute approximate surface area is 155 Å². The second-order valence-electron chi connectivity index (χ2n) is 6.97. The first-order valence-corrected chi connectivity index (χ1v) is 10.4. The van der Waals surface area contributed by atoms with Crippen LogP contribution in [0.4, 0.5) is 0 Å². The number of allylic oxidation sites excluding steroid dienone is 2. The molecule has 2 nitrogen and oxygen atoms in total. The highest BCUT2D eigenvalue weighted by Gasteiger charge is 2.05. The van der Waals surface area contributed by atoms with Gasteiger partial charge in [0.05, 0.1) is 0 Å². The van der Waals surface area contributed by atoms with Gasteiger partial charge in [0.15, 0.2) is 5.78 Å². The summed E-state index contributed by atoms with van der Waals surface area (Å²) < 4.78 is 0. The number of rotatable bonds is 16. The summed E-state index contributed by atoms with van der Waals surface area (Å²) in [4.78, 5) is 16.0. The van der Waals surface area contributed by atoms with E-state index in [9.17, 15) is 4.79 Å². The van der Waals surface area contributed by atoms with Crippen molar-refractivity contribution < 1.29 is 4.79 Å². The van der Waals surface area contributed by atoms with Crippen molar-refractivity contribution in [3.63, 3.8) is 0 Å². The summed E-state index contributed by atoms with van der Waals surface area (Å²) in [7, 11) is 0. The molecule has 2 heteroatoms. The van der Waals surface area contributed by atoms with Crippen LogP contribution in [0.3, 0.4) is 0 Å². The molecular weight excluding hydrogens is 306 g/mol. The fourth-order valence-corrected chi connectivity index (χ4v) is 3.01. The van der Waals surface area contributed by atoms with Crippen molar-refractivity contribution in [2.24, 2.45) is 0 Å². The maximum atomic E-state index is 11.9. The molecule has 25 heavy (non-hydrogen) atoms. The van der Waals surface area contributed by atoms with E-state index in [1.165, 1.54) is 70.6 Å². The van der Waals surface area contributed by atoms with Crippen molar-refractivity contribution in [2.75, 3.05) is 0 Å². The third kappa shape index (κ3) is 12.6. The van der Waals surface area contributed by atoms with Crippen LogP contribution in [-0.2, 0) is 0 Å². The third-order valence-electron chi connectivity index (χ3n) is 4.62. The summed E-state index contributed by atoms with van der Waals surface area (Å²) in [6.07, 6.45) is 23.7. The average Bonchev–Trinajstić information content (AvgIpc) is 2.65. The van der Waals surface area contributed by atoms with Crippen LogP contribution in [0, 0.1) is 0 Å². The van der Waals surface area contributed by atoms with E-state index in [-0.39, 0.29) is 5.78 Å². The summed E-state index contributed by atoms with van der Waals surface area (Å²) in [6.45, 7) is 2.27. The van der Waals surface area contributed by atoms with Gasteiger partial charge >= 0.3 is 0 Å². The Kier molecular flexibility index (Phi) is 13.9. The fraction of sp³-hybridized carbons (Fsp3) is 0.652. The second kappa shape index (κ2) is 16.1. The molecule has 0 amide bonds. The van der Waals surface area contributed by atoms with Crippen LogP contribution in [0.1, 0.15) is 107 Å². The molecule has 0 spiro atoms. The van der Waals surface area contributed by atoms with Crippen molar-refractivity contribution in [1.82, 2.24) is 4.98 Å². The van der Waals surface area contributed by atoms with Crippen LogP contribution in [0.15, 0.2) is 36.5 Å². The van der Waals surface area contributed by atoms with Crippen LogP contribution < -0.4 is 0 Å². The van der Waals surface area contributed by atoms with Gasteiger partial charge in [-0.25, -0.2) is 0 Å². The summed E-state index contributed by atoms with van der Waals surface area (Å²) in [5.41, 5.74) is 0.609. The normalized spacial score (nSPS) is 11.2. The van der Waals surface area contributed by atoms with E-state index in [4.69, 9.17) is 0 Å². The summed E-state index contributed by atoms with van der Waals surface area (Å²) in [5, 5.41) is 0. The number of unbranched alkanes of at least 4 members (excludes halogenated alkanes) is 11. The Bertz CT molecular complexity index is 452. The Hall–Kier alpha value is -1.44. The van der Waals surface area contributed by atoms with Crippen LogP contribution in [-0.4, -0.2) is 10.8 Å². The van der Waals surface area contributed by atoms with E-state index in [2.05, 4.69) is 24.1 Å². The minimum Gasteiger partial charge on any atom is -0.292 e. The first-order chi connectivity index (χ1) is 12.3. The lowest BCUT2D eigenvalue weighted by molar-refractivity contribution is 0.0974. The number of carbonyl (C=O) groups is 1. The third-order valence-corrected chi connectivity index (χ3v) is 4.62. The highest BCUT2D eigenvalue weighted by atomic mass is 16.1. The highest BCUT2D eigenvalue weighted by Crippen LogP contribution is 2.11. The minimum atomic E-state index is 0.179. The van der Waals surface area contributed by atoms with Crippen LogP contribution in [0.25, 0.3) is 0 Å². The molecule has 0 aromatic carbocycles. The van der Waals surface area contributed by atoms with E-state index in [0.717, 1.165) is 12.8 Å². The molecule has 0 atom stereocenters. The molecule has 0 saturated carbocycles. The highest BCUT2D eigenvalue weighted by molar-refractivity contribution is 5.94. The van der Waals surface area contributed by atoms with E-state index in [1.54, 1.807) is 12.3 Å². The molecule has 0 aliphatic carbocycles. The minimum absolute atomic E-state index is 0.179. The number of aromatic nitrogens is 1. The van der Waals surface area contributed by atoms with Gasteiger partial charge in [-0.2, -0.15) is 0 Å². The Morgan fingerprint density at radius 2 is 1.44 bits per heavy atom. The smallest absolute Gasteiger partial charge is 0.181 e. The lowest BCUT2D eigenvalue weighted by Gasteiger charge is -2.01. The van der Waals surface area contributed by atoms with Gasteiger partial charge in [0.1, 0.15) is 5.69 Å². The van der Waals surface area contributed by atoms with Crippen molar-refractivity contribution in [2.45, 2.75) is 96.8 Å². The predicted octanol–water partition coefficient (Wildman–Crippen LogP) is 7.30. The standard InChI is InChI=1S/C23H37NO/c1-2-3-4-5-6-7-8-9-10-11-12-13-14-15-16-20-23(25)22-19-17-18-21-24-22/h9-10,17-19,21H,2-8,11-16,20H2,1H3. The molecule has 0 fully saturated rings. The zero-order chi connectivity index (χ0) is 18.0. The molecule has 1 heterocycles. The van der Waals surface area contributed by atoms with Crippen LogP contribution >= 0.6 is 0 Å². The number of hydrogen-bond acceptors (Lipinski definition) is 2. The SMILES string of the molecule is CCCCCCCCC=CCCCCCCCC(=O)c1ccccn1. The Balaban J connectivity index is 1.84. The summed E-state index contributed by atoms with van der Waals surface area (Å²) in [6, 6.07) is 5.53. The summed E-state index contributed by atoms with van der Waals surface area (Å²) in [5.74, 6) is 0.179. The fourth-order valence-electron chi connectivity index (χ4n) is 3.01. The Morgan fingerprint density at radius 1 is 0.840 bits per heavy atom. The Morgan fingerprint density at radius 3 is 2.04 bits per heavy atom. The van der Waals surface area contributed by atoms with Crippen LogP contribution in [0.2, 0.25) is 0 Å². The number of Topliss-reactive ketones (excluding diaryl/α,β-unsaturated/α-hetero) is 1.